The minimum absolute atomic E-state index is 0.229. The van der Waals surface area contributed by atoms with Crippen molar-refractivity contribution in [2.75, 3.05) is 0 Å². The van der Waals surface area contributed by atoms with E-state index in [1.807, 2.05) is 45.7 Å². The van der Waals surface area contributed by atoms with Gasteiger partial charge in [0.05, 0.1) is 11.1 Å². The van der Waals surface area contributed by atoms with Crippen molar-refractivity contribution < 1.29 is 9.90 Å². The molecule has 0 aliphatic carbocycles. The molecule has 0 radical (unpaired) electrons. The van der Waals surface area contributed by atoms with Crippen LogP contribution in [0, 0.1) is 12.3 Å². The largest absolute Gasteiger partial charge is 0.478 e. The van der Waals surface area contributed by atoms with E-state index in [2.05, 4.69) is 11.2 Å². The molecule has 19 heavy (non-hydrogen) atoms. The van der Waals surface area contributed by atoms with E-state index < -0.39 is 17.7 Å². The molecule has 0 saturated heterocycles. The average molecular weight is 262 g/mol. The van der Waals surface area contributed by atoms with Crippen LogP contribution in [0.15, 0.2) is 23.9 Å². The normalized spacial score (nSPS) is 19.9. The number of carbonyl (C=O) groups is 1. The predicted molar refractivity (Wildman–Crippen MR) is 76.3 cm³/mol. The van der Waals surface area contributed by atoms with Crippen LogP contribution in [-0.2, 0) is 4.79 Å². The zero-order valence-electron chi connectivity index (χ0n) is 12.2. The van der Waals surface area contributed by atoms with Gasteiger partial charge in [-0.3, -0.25) is 5.32 Å². The van der Waals surface area contributed by atoms with Gasteiger partial charge in [-0.2, -0.15) is 0 Å². The summed E-state index contributed by atoms with van der Waals surface area (Å²) in [6.07, 6.45) is 10.3. The molecule has 104 valence electrons. The van der Waals surface area contributed by atoms with Crippen molar-refractivity contribution in [3.8, 4) is 12.3 Å². The van der Waals surface area contributed by atoms with Crippen LogP contribution in [0.25, 0.3) is 0 Å². The smallest absolute Gasteiger partial charge is 0.335 e. The molecule has 0 spiro atoms. The van der Waals surface area contributed by atoms with E-state index in [1.165, 1.54) is 0 Å². The minimum atomic E-state index is -0.941. The van der Waals surface area contributed by atoms with E-state index in [0.29, 0.717) is 5.57 Å². The first kappa shape index (κ1) is 15.3. The van der Waals surface area contributed by atoms with Crippen LogP contribution < -0.4 is 5.32 Å². The number of carboxylic acids is 1. The second-order valence-corrected chi connectivity index (χ2v) is 6.18. The molecule has 0 aromatic heterocycles. The number of carboxylic acid groups (broad SMARTS) is 1. The lowest BCUT2D eigenvalue weighted by molar-refractivity contribution is -0.133. The lowest BCUT2D eigenvalue weighted by atomic mass is 9.97. The van der Waals surface area contributed by atoms with Crippen molar-refractivity contribution in [1.82, 2.24) is 10.2 Å². The molecule has 1 rings (SSSR count). The number of hydrogen-bond donors (Lipinski definition) is 2. The van der Waals surface area contributed by atoms with Gasteiger partial charge < -0.3 is 10.0 Å². The highest BCUT2D eigenvalue weighted by molar-refractivity contribution is 5.88. The Kier molecular flexibility index (Phi) is 4.12. The first-order valence-corrected chi connectivity index (χ1v) is 6.24. The first-order valence-electron chi connectivity index (χ1n) is 6.24. The Hall–Kier alpha value is -1.73. The van der Waals surface area contributed by atoms with Crippen LogP contribution in [0.4, 0.5) is 0 Å². The van der Waals surface area contributed by atoms with E-state index in [1.54, 1.807) is 12.2 Å². The third kappa shape index (κ3) is 3.62. The fourth-order valence-corrected chi connectivity index (χ4v) is 1.90. The molecule has 0 aromatic carbocycles. The fraction of sp³-hybridized carbons (Fsp3) is 0.533. The van der Waals surface area contributed by atoms with Crippen LogP contribution in [0.5, 0.6) is 0 Å². The van der Waals surface area contributed by atoms with Gasteiger partial charge in [0.1, 0.15) is 6.17 Å². The molecule has 0 aromatic rings. The molecule has 1 aliphatic rings. The van der Waals surface area contributed by atoms with Crippen molar-refractivity contribution in [2.24, 2.45) is 0 Å². The Balaban J connectivity index is 3.19. The fourth-order valence-electron chi connectivity index (χ4n) is 1.90. The van der Waals surface area contributed by atoms with Crippen LogP contribution in [0.3, 0.4) is 0 Å². The van der Waals surface area contributed by atoms with Gasteiger partial charge in [-0.1, -0.05) is 5.92 Å². The van der Waals surface area contributed by atoms with Gasteiger partial charge in [0.2, 0.25) is 0 Å². The van der Waals surface area contributed by atoms with Crippen molar-refractivity contribution >= 4 is 5.97 Å². The van der Waals surface area contributed by atoms with Crippen LogP contribution in [0.2, 0.25) is 0 Å². The lowest BCUT2D eigenvalue weighted by Crippen LogP contribution is -2.59. The highest BCUT2D eigenvalue weighted by atomic mass is 16.4. The van der Waals surface area contributed by atoms with Gasteiger partial charge in [-0.25, -0.2) is 4.79 Å². The molecule has 4 heteroatoms. The second kappa shape index (κ2) is 5.10. The summed E-state index contributed by atoms with van der Waals surface area (Å²) in [4.78, 5) is 13.3. The summed E-state index contributed by atoms with van der Waals surface area (Å²) in [5.41, 5.74) is -0.512. The number of terminal acetylenes is 1. The van der Waals surface area contributed by atoms with Crippen LogP contribution in [-0.4, -0.2) is 33.2 Å². The van der Waals surface area contributed by atoms with Crippen molar-refractivity contribution in [1.29, 1.82) is 0 Å². The molecule has 4 nitrogen and oxygen atoms in total. The number of aliphatic carboxylic acids is 1. The van der Waals surface area contributed by atoms with Gasteiger partial charge in [-0.15, -0.1) is 6.42 Å². The maximum Gasteiger partial charge on any atom is 0.335 e. The summed E-state index contributed by atoms with van der Waals surface area (Å²) in [6.45, 7) is 9.75. The van der Waals surface area contributed by atoms with Gasteiger partial charge in [0.15, 0.2) is 0 Å². The Morgan fingerprint density at radius 2 is 2.00 bits per heavy atom. The zero-order chi connectivity index (χ0) is 14.8. The Labute approximate surface area is 115 Å². The molecule has 0 saturated carbocycles. The standard InChI is InChI=1S/C15H22N2O2/c1-7-15(5,6)17-10-8-9-11(13(18)19)12(17)16-14(2,3)4/h1,8-10,12,16H,2-6H3,(H,18,19). The molecule has 0 bridgehead atoms. The molecule has 1 unspecified atom stereocenters. The van der Waals surface area contributed by atoms with Gasteiger partial charge in [-0.05, 0) is 46.8 Å². The average Bonchev–Trinajstić information content (AvgIpc) is 2.26. The molecule has 1 aliphatic heterocycles. The molecule has 0 amide bonds. The second-order valence-electron chi connectivity index (χ2n) is 6.18. The molecule has 2 N–H and O–H groups in total. The van der Waals surface area contributed by atoms with Gasteiger partial charge in [0, 0.05) is 11.7 Å². The zero-order valence-corrected chi connectivity index (χ0v) is 12.2. The van der Waals surface area contributed by atoms with E-state index >= 15 is 0 Å². The molecule has 1 atom stereocenters. The van der Waals surface area contributed by atoms with Crippen molar-refractivity contribution in [2.45, 2.75) is 51.9 Å². The van der Waals surface area contributed by atoms with E-state index in [9.17, 15) is 9.90 Å². The molecule has 1 heterocycles. The number of hydrogen-bond acceptors (Lipinski definition) is 3. The lowest BCUT2D eigenvalue weighted by Gasteiger charge is -2.44. The van der Waals surface area contributed by atoms with Crippen molar-refractivity contribution in [3.05, 3.63) is 23.9 Å². The quantitative estimate of drug-likeness (QED) is 0.763. The maximum absolute atomic E-state index is 11.4. The third-order valence-electron chi connectivity index (χ3n) is 2.91. The highest BCUT2D eigenvalue weighted by Gasteiger charge is 2.36. The Morgan fingerprint density at radius 3 is 2.42 bits per heavy atom. The first-order chi connectivity index (χ1) is 8.58. The van der Waals surface area contributed by atoms with Gasteiger partial charge in [0.25, 0.3) is 0 Å². The monoisotopic (exact) mass is 262 g/mol. The summed E-state index contributed by atoms with van der Waals surface area (Å²) >= 11 is 0. The molecule has 0 fully saturated rings. The Bertz CT molecular complexity index is 462. The third-order valence-corrected chi connectivity index (χ3v) is 2.91. The molecular weight excluding hydrogens is 240 g/mol. The summed E-state index contributed by atoms with van der Waals surface area (Å²) in [5, 5.41) is 12.7. The van der Waals surface area contributed by atoms with Crippen molar-refractivity contribution in [3.63, 3.8) is 0 Å². The molecular formula is C15H22N2O2. The summed E-state index contributed by atoms with van der Waals surface area (Å²) < 4.78 is 0. The number of nitrogens with zero attached hydrogens (tertiary/aromatic N) is 1. The minimum Gasteiger partial charge on any atom is -0.478 e. The van der Waals surface area contributed by atoms with Gasteiger partial charge >= 0.3 is 5.97 Å². The number of allylic oxidation sites excluding steroid dienone is 2. The summed E-state index contributed by atoms with van der Waals surface area (Å²) in [6, 6.07) is 0. The SMILES string of the molecule is C#CC(C)(C)N1C=CC=C(C(=O)O)C1NC(C)(C)C. The topological polar surface area (TPSA) is 52.6 Å². The highest BCUT2D eigenvalue weighted by Crippen LogP contribution is 2.25. The number of nitrogens with one attached hydrogen (secondary N) is 1. The maximum atomic E-state index is 11.4. The van der Waals surface area contributed by atoms with E-state index in [-0.39, 0.29) is 5.54 Å². The summed E-state index contributed by atoms with van der Waals surface area (Å²) in [5.74, 6) is 1.76. The van der Waals surface area contributed by atoms with E-state index in [4.69, 9.17) is 6.42 Å². The Morgan fingerprint density at radius 1 is 1.42 bits per heavy atom. The number of rotatable bonds is 3. The van der Waals surface area contributed by atoms with Crippen LogP contribution >= 0.6 is 0 Å². The van der Waals surface area contributed by atoms with E-state index in [0.717, 1.165) is 0 Å². The predicted octanol–water partition coefficient (Wildman–Crippen LogP) is 1.95. The summed E-state index contributed by atoms with van der Waals surface area (Å²) in [7, 11) is 0. The van der Waals surface area contributed by atoms with Crippen LogP contribution in [0.1, 0.15) is 34.6 Å².